The monoisotopic (exact) mass is 444 g/mol. The van der Waals surface area contributed by atoms with E-state index in [-0.39, 0.29) is 18.1 Å². The number of carbonyl (C=O) groups is 2. The van der Waals surface area contributed by atoms with Crippen molar-refractivity contribution in [2.45, 2.75) is 44.2 Å². The summed E-state index contributed by atoms with van der Waals surface area (Å²) in [6.45, 7) is 0.646. The molecule has 2 N–H and O–H groups in total. The van der Waals surface area contributed by atoms with Gasteiger partial charge in [-0.25, -0.2) is 4.79 Å². The maximum absolute atomic E-state index is 12.4. The highest BCUT2D eigenvalue weighted by atomic mass is 79.9. The fraction of sp³-hybridized carbons (Fsp3) is 0.364. The average Bonchev–Trinajstić information content (AvgIpc) is 2.67. The molecule has 3 rings (SSSR count). The molecule has 6 heteroatoms. The van der Waals surface area contributed by atoms with Crippen LogP contribution in [0.25, 0.3) is 0 Å². The van der Waals surface area contributed by atoms with E-state index in [0.29, 0.717) is 19.4 Å². The maximum atomic E-state index is 12.4. The zero-order valence-electron chi connectivity index (χ0n) is 15.7. The lowest BCUT2D eigenvalue weighted by Crippen LogP contribution is -2.50. The number of benzene rings is 2. The van der Waals surface area contributed by atoms with Gasteiger partial charge in [0.25, 0.3) is 0 Å². The Labute approximate surface area is 174 Å². The van der Waals surface area contributed by atoms with Gasteiger partial charge in [0.15, 0.2) is 0 Å². The van der Waals surface area contributed by atoms with E-state index in [1.54, 1.807) is 0 Å². The second kappa shape index (κ2) is 9.73. The van der Waals surface area contributed by atoms with Crippen LogP contribution < -0.4 is 10.6 Å². The molecule has 0 aliphatic heterocycles. The summed E-state index contributed by atoms with van der Waals surface area (Å²) in [5.74, 6) is 0.0131. The van der Waals surface area contributed by atoms with Crippen LogP contribution in [0.4, 0.5) is 4.79 Å². The number of carbonyl (C=O) groups excluding carboxylic acids is 2. The lowest BCUT2D eigenvalue weighted by Gasteiger charge is -2.43. The van der Waals surface area contributed by atoms with Crippen molar-refractivity contribution < 1.29 is 14.3 Å². The van der Waals surface area contributed by atoms with E-state index >= 15 is 0 Å². The van der Waals surface area contributed by atoms with Crippen LogP contribution in [0, 0.1) is 0 Å². The number of nitrogens with one attached hydrogen (secondary N) is 2. The van der Waals surface area contributed by atoms with Crippen molar-refractivity contribution in [2.75, 3.05) is 6.54 Å². The molecule has 2 amide bonds. The van der Waals surface area contributed by atoms with Crippen molar-refractivity contribution in [3.8, 4) is 0 Å². The van der Waals surface area contributed by atoms with Crippen LogP contribution in [-0.2, 0) is 21.7 Å². The summed E-state index contributed by atoms with van der Waals surface area (Å²) in [7, 11) is 0. The Bertz CT molecular complexity index is 806. The predicted octanol–water partition coefficient (Wildman–Crippen LogP) is 4.65. The summed E-state index contributed by atoms with van der Waals surface area (Å²) >= 11 is 3.50. The summed E-state index contributed by atoms with van der Waals surface area (Å²) in [6, 6.07) is 17.6. The number of halogens is 1. The zero-order chi connectivity index (χ0) is 19.8. The molecule has 0 saturated heterocycles. The molecule has 1 aliphatic rings. The molecule has 5 nitrogen and oxygen atoms in total. The van der Waals surface area contributed by atoms with Gasteiger partial charge in [0.2, 0.25) is 5.91 Å². The molecule has 0 unspecified atom stereocenters. The van der Waals surface area contributed by atoms with E-state index < -0.39 is 6.09 Å². The first-order valence-corrected chi connectivity index (χ1v) is 10.4. The molecule has 28 heavy (non-hydrogen) atoms. The molecular weight excluding hydrogens is 420 g/mol. The third-order valence-electron chi connectivity index (χ3n) is 5.03. The van der Waals surface area contributed by atoms with Crippen LogP contribution in [0.2, 0.25) is 0 Å². The van der Waals surface area contributed by atoms with E-state index in [0.717, 1.165) is 34.9 Å². The lowest BCUT2D eigenvalue weighted by atomic mass is 9.71. The molecule has 0 radical (unpaired) electrons. The van der Waals surface area contributed by atoms with Gasteiger partial charge in [-0.3, -0.25) is 4.79 Å². The number of hydrogen-bond donors (Lipinski definition) is 2. The van der Waals surface area contributed by atoms with Gasteiger partial charge in [0.05, 0.1) is 5.54 Å². The second-order valence-electron chi connectivity index (χ2n) is 7.09. The first kappa shape index (κ1) is 20.4. The van der Waals surface area contributed by atoms with Crippen molar-refractivity contribution in [1.29, 1.82) is 0 Å². The van der Waals surface area contributed by atoms with Crippen molar-refractivity contribution in [3.63, 3.8) is 0 Å². The predicted molar refractivity (Wildman–Crippen MR) is 112 cm³/mol. The normalized spacial score (nSPS) is 14.6. The van der Waals surface area contributed by atoms with Crippen molar-refractivity contribution in [2.24, 2.45) is 0 Å². The van der Waals surface area contributed by atoms with E-state index in [2.05, 4.69) is 38.7 Å². The molecular formula is C22H25BrN2O3. The van der Waals surface area contributed by atoms with Gasteiger partial charge in [0.1, 0.15) is 6.61 Å². The van der Waals surface area contributed by atoms with Gasteiger partial charge in [-0.15, -0.1) is 0 Å². The van der Waals surface area contributed by atoms with Crippen molar-refractivity contribution >= 4 is 27.9 Å². The molecule has 0 bridgehead atoms. The van der Waals surface area contributed by atoms with Gasteiger partial charge in [-0.1, -0.05) is 58.4 Å². The highest BCUT2D eigenvalue weighted by molar-refractivity contribution is 9.10. The third kappa shape index (κ3) is 5.58. The second-order valence-corrected chi connectivity index (χ2v) is 8.00. The van der Waals surface area contributed by atoms with E-state index in [1.807, 2.05) is 42.5 Å². The number of rotatable bonds is 8. The van der Waals surface area contributed by atoms with E-state index in [1.165, 1.54) is 0 Å². The van der Waals surface area contributed by atoms with Crippen LogP contribution in [0.3, 0.4) is 0 Å². The number of ether oxygens (including phenoxy) is 1. The number of alkyl carbamates (subject to hydrolysis) is 1. The Morgan fingerprint density at radius 2 is 1.86 bits per heavy atom. The van der Waals surface area contributed by atoms with Crippen LogP contribution in [0.15, 0.2) is 59.1 Å². The molecule has 0 spiro atoms. The first-order chi connectivity index (χ1) is 13.6. The van der Waals surface area contributed by atoms with Crippen LogP contribution in [0.1, 0.15) is 43.2 Å². The Morgan fingerprint density at radius 3 is 2.54 bits per heavy atom. The summed E-state index contributed by atoms with van der Waals surface area (Å²) in [6.07, 6.45) is 3.50. The molecule has 148 valence electrons. The van der Waals surface area contributed by atoms with Crippen LogP contribution in [0.5, 0.6) is 0 Å². The highest BCUT2D eigenvalue weighted by Gasteiger charge is 2.39. The Kier molecular flexibility index (Phi) is 7.09. The van der Waals surface area contributed by atoms with Crippen molar-refractivity contribution in [1.82, 2.24) is 10.6 Å². The Balaban J connectivity index is 1.37. The molecule has 0 aromatic heterocycles. The van der Waals surface area contributed by atoms with Gasteiger partial charge < -0.3 is 15.4 Å². The minimum Gasteiger partial charge on any atom is -0.445 e. The average molecular weight is 445 g/mol. The van der Waals surface area contributed by atoms with Crippen LogP contribution in [-0.4, -0.2) is 18.5 Å². The minimum absolute atomic E-state index is 0.0131. The standard InChI is InChI=1S/C22H25BrN2O3/c23-19-10-4-9-18(15-19)22(12-6-13-22)25-20(26)11-5-14-24-21(27)28-16-17-7-2-1-3-8-17/h1-4,7-10,15H,5-6,11-14,16H2,(H,24,27)(H,25,26). The van der Waals surface area contributed by atoms with Gasteiger partial charge in [0, 0.05) is 17.4 Å². The maximum Gasteiger partial charge on any atom is 0.407 e. The van der Waals surface area contributed by atoms with Gasteiger partial charge >= 0.3 is 6.09 Å². The highest BCUT2D eigenvalue weighted by Crippen LogP contribution is 2.42. The Hall–Kier alpha value is -2.34. The third-order valence-corrected chi connectivity index (χ3v) is 5.52. The summed E-state index contributed by atoms with van der Waals surface area (Å²) in [5, 5.41) is 5.90. The Morgan fingerprint density at radius 1 is 1.07 bits per heavy atom. The van der Waals surface area contributed by atoms with Crippen molar-refractivity contribution in [3.05, 3.63) is 70.2 Å². The largest absolute Gasteiger partial charge is 0.445 e. The molecule has 1 saturated carbocycles. The molecule has 0 heterocycles. The number of amides is 2. The molecule has 1 fully saturated rings. The molecule has 1 aliphatic carbocycles. The fourth-order valence-electron chi connectivity index (χ4n) is 3.35. The molecule has 2 aromatic carbocycles. The van der Waals surface area contributed by atoms with Crippen LogP contribution >= 0.6 is 15.9 Å². The summed E-state index contributed by atoms with van der Waals surface area (Å²) in [4.78, 5) is 24.1. The van der Waals surface area contributed by atoms with E-state index in [9.17, 15) is 9.59 Å². The molecule has 0 atom stereocenters. The SMILES string of the molecule is O=C(CCCNC(=O)OCc1ccccc1)NC1(c2cccc(Br)c2)CCC1. The topological polar surface area (TPSA) is 67.4 Å². The van der Waals surface area contributed by atoms with Gasteiger partial charge in [-0.05, 0) is 48.9 Å². The van der Waals surface area contributed by atoms with E-state index in [4.69, 9.17) is 4.74 Å². The van der Waals surface area contributed by atoms with Gasteiger partial charge in [-0.2, -0.15) is 0 Å². The smallest absolute Gasteiger partial charge is 0.407 e. The summed E-state index contributed by atoms with van der Waals surface area (Å²) < 4.78 is 6.17. The minimum atomic E-state index is -0.464. The summed E-state index contributed by atoms with van der Waals surface area (Å²) in [5.41, 5.74) is 1.84. The zero-order valence-corrected chi connectivity index (χ0v) is 17.3. The fourth-order valence-corrected chi connectivity index (χ4v) is 3.74. The number of hydrogen-bond acceptors (Lipinski definition) is 3. The molecule has 2 aromatic rings. The quantitative estimate of drug-likeness (QED) is 0.582. The first-order valence-electron chi connectivity index (χ1n) is 9.59. The lowest BCUT2D eigenvalue weighted by molar-refractivity contribution is -0.124.